The number of hydrogen-bond acceptors (Lipinski definition) is 4. The number of hydrogen-bond donors (Lipinski definition) is 1. The Morgan fingerprint density at radius 1 is 1.30 bits per heavy atom. The minimum atomic E-state index is -0.272. The predicted octanol–water partition coefficient (Wildman–Crippen LogP) is 1.71. The van der Waals surface area contributed by atoms with Gasteiger partial charge in [-0.2, -0.15) is 0 Å². The molecule has 1 aliphatic carbocycles. The Bertz CT molecular complexity index is 314. The fourth-order valence-electron chi connectivity index (χ4n) is 2.82. The molecule has 0 aromatic carbocycles. The third-order valence-electron chi connectivity index (χ3n) is 3.88. The quantitative estimate of drug-likeness (QED) is 0.689. The molecule has 0 spiro atoms. The summed E-state index contributed by atoms with van der Waals surface area (Å²) in [7, 11) is 1.39. The van der Waals surface area contributed by atoms with Crippen LogP contribution in [0.2, 0.25) is 0 Å². The summed E-state index contributed by atoms with van der Waals surface area (Å²) in [6, 6.07) is 0.525. The standard InChI is InChI=1S/C15H28N2O3/c1-4-7-12(2)16-14(18)10-17(11-15(19)20-3)13-8-5-6-9-13/h12-13H,4-11H2,1-3H3,(H,16,18). The molecular weight excluding hydrogens is 256 g/mol. The largest absolute Gasteiger partial charge is 0.468 e. The lowest BCUT2D eigenvalue weighted by Crippen LogP contribution is -2.46. The molecule has 116 valence electrons. The molecular formula is C15H28N2O3. The van der Waals surface area contributed by atoms with Crippen LogP contribution in [0.4, 0.5) is 0 Å². The van der Waals surface area contributed by atoms with Gasteiger partial charge in [0.1, 0.15) is 0 Å². The van der Waals surface area contributed by atoms with Crippen LogP contribution < -0.4 is 5.32 Å². The van der Waals surface area contributed by atoms with E-state index in [4.69, 9.17) is 4.74 Å². The first-order chi connectivity index (χ1) is 9.56. The maximum Gasteiger partial charge on any atom is 0.319 e. The van der Waals surface area contributed by atoms with E-state index in [1.54, 1.807) is 0 Å². The first-order valence-corrected chi connectivity index (χ1v) is 7.67. The summed E-state index contributed by atoms with van der Waals surface area (Å²) >= 11 is 0. The molecule has 0 aromatic heterocycles. The number of ether oxygens (including phenoxy) is 1. The molecule has 1 unspecified atom stereocenters. The molecule has 1 amide bonds. The van der Waals surface area contributed by atoms with Crippen molar-refractivity contribution in [2.75, 3.05) is 20.2 Å². The zero-order valence-electron chi connectivity index (χ0n) is 13.0. The number of amides is 1. The van der Waals surface area contributed by atoms with Gasteiger partial charge < -0.3 is 10.1 Å². The molecule has 20 heavy (non-hydrogen) atoms. The van der Waals surface area contributed by atoms with Crippen LogP contribution in [-0.2, 0) is 14.3 Å². The maximum absolute atomic E-state index is 12.1. The SMILES string of the molecule is CCCC(C)NC(=O)CN(CC(=O)OC)C1CCCC1. The Labute approximate surface area is 122 Å². The lowest BCUT2D eigenvalue weighted by atomic mass is 10.2. The van der Waals surface area contributed by atoms with Crippen LogP contribution in [0.3, 0.4) is 0 Å². The van der Waals surface area contributed by atoms with Crippen molar-refractivity contribution in [2.45, 2.75) is 64.5 Å². The Hall–Kier alpha value is -1.10. The van der Waals surface area contributed by atoms with Crippen molar-refractivity contribution in [3.63, 3.8) is 0 Å². The van der Waals surface area contributed by atoms with E-state index in [9.17, 15) is 9.59 Å². The van der Waals surface area contributed by atoms with Gasteiger partial charge in [0, 0.05) is 12.1 Å². The Kier molecular flexibility index (Phi) is 7.59. The second kappa shape index (κ2) is 8.95. The molecule has 1 saturated carbocycles. The van der Waals surface area contributed by atoms with Crippen molar-refractivity contribution in [3.8, 4) is 0 Å². The highest BCUT2D eigenvalue weighted by Crippen LogP contribution is 2.23. The third-order valence-corrected chi connectivity index (χ3v) is 3.88. The highest BCUT2D eigenvalue weighted by atomic mass is 16.5. The summed E-state index contributed by atoms with van der Waals surface area (Å²) in [6.45, 7) is 4.61. The Balaban J connectivity index is 2.50. The van der Waals surface area contributed by atoms with E-state index in [1.807, 2.05) is 11.8 Å². The maximum atomic E-state index is 12.1. The van der Waals surface area contributed by atoms with Crippen LogP contribution >= 0.6 is 0 Å². The lowest BCUT2D eigenvalue weighted by Gasteiger charge is -2.27. The molecule has 0 bridgehead atoms. The van der Waals surface area contributed by atoms with Crippen molar-refractivity contribution in [3.05, 3.63) is 0 Å². The minimum absolute atomic E-state index is 0.00162. The van der Waals surface area contributed by atoms with Crippen LogP contribution in [0.25, 0.3) is 0 Å². The van der Waals surface area contributed by atoms with E-state index in [0.29, 0.717) is 6.04 Å². The normalized spacial score (nSPS) is 17.2. The number of rotatable bonds is 8. The van der Waals surface area contributed by atoms with Gasteiger partial charge in [-0.25, -0.2) is 0 Å². The molecule has 5 nitrogen and oxygen atoms in total. The van der Waals surface area contributed by atoms with Crippen LogP contribution in [-0.4, -0.2) is 49.1 Å². The van der Waals surface area contributed by atoms with Crippen molar-refractivity contribution >= 4 is 11.9 Å². The number of carbonyl (C=O) groups is 2. The van der Waals surface area contributed by atoms with Crippen molar-refractivity contribution in [1.29, 1.82) is 0 Å². The number of esters is 1. The molecule has 1 N–H and O–H groups in total. The Morgan fingerprint density at radius 3 is 2.50 bits per heavy atom. The smallest absolute Gasteiger partial charge is 0.319 e. The molecule has 1 rings (SSSR count). The molecule has 1 aliphatic rings. The summed E-state index contributed by atoms with van der Waals surface area (Å²) < 4.78 is 4.73. The van der Waals surface area contributed by atoms with Gasteiger partial charge in [0.25, 0.3) is 0 Å². The van der Waals surface area contributed by atoms with Gasteiger partial charge in [-0.05, 0) is 26.2 Å². The Morgan fingerprint density at radius 2 is 1.95 bits per heavy atom. The molecule has 1 atom stereocenters. The topological polar surface area (TPSA) is 58.6 Å². The first-order valence-electron chi connectivity index (χ1n) is 7.67. The zero-order chi connectivity index (χ0) is 15.0. The highest BCUT2D eigenvalue weighted by molar-refractivity contribution is 5.79. The van der Waals surface area contributed by atoms with Crippen molar-refractivity contribution in [2.24, 2.45) is 0 Å². The lowest BCUT2D eigenvalue weighted by molar-refractivity contribution is -0.143. The fourth-order valence-corrected chi connectivity index (χ4v) is 2.82. The predicted molar refractivity (Wildman–Crippen MR) is 78.4 cm³/mol. The van der Waals surface area contributed by atoms with Gasteiger partial charge in [0.15, 0.2) is 0 Å². The average Bonchev–Trinajstić information content (AvgIpc) is 2.91. The molecule has 1 fully saturated rings. The van der Waals surface area contributed by atoms with Crippen LogP contribution in [0, 0.1) is 0 Å². The number of nitrogens with zero attached hydrogens (tertiary/aromatic N) is 1. The third kappa shape index (κ3) is 5.90. The highest BCUT2D eigenvalue weighted by Gasteiger charge is 2.26. The summed E-state index contributed by atoms with van der Waals surface area (Å²) in [5.41, 5.74) is 0. The first kappa shape index (κ1) is 17.0. The molecule has 0 saturated heterocycles. The van der Waals surface area contributed by atoms with Crippen molar-refractivity contribution in [1.82, 2.24) is 10.2 Å². The molecule has 0 aromatic rings. The summed E-state index contributed by atoms with van der Waals surface area (Å²) in [5.74, 6) is -0.270. The minimum Gasteiger partial charge on any atom is -0.468 e. The number of carbonyl (C=O) groups excluding carboxylic acids is 2. The fraction of sp³-hybridized carbons (Fsp3) is 0.867. The summed E-state index contributed by atoms with van der Waals surface area (Å²) in [5, 5.41) is 2.99. The van der Waals surface area contributed by atoms with E-state index in [2.05, 4.69) is 12.2 Å². The van der Waals surface area contributed by atoms with Gasteiger partial charge in [0.2, 0.25) is 5.91 Å². The van der Waals surface area contributed by atoms with E-state index in [-0.39, 0.29) is 31.0 Å². The van der Waals surface area contributed by atoms with Gasteiger partial charge in [-0.15, -0.1) is 0 Å². The van der Waals surface area contributed by atoms with Gasteiger partial charge in [-0.3, -0.25) is 14.5 Å². The van der Waals surface area contributed by atoms with Gasteiger partial charge >= 0.3 is 5.97 Å². The molecule has 0 aliphatic heterocycles. The second-order valence-electron chi connectivity index (χ2n) is 5.68. The van der Waals surface area contributed by atoms with Crippen LogP contribution in [0.5, 0.6) is 0 Å². The monoisotopic (exact) mass is 284 g/mol. The van der Waals surface area contributed by atoms with Crippen LogP contribution in [0.1, 0.15) is 52.4 Å². The summed E-state index contributed by atoms with van der Waals surface area (Å²) in [6.07, 6.45) is 6.51. The molecule has 0 radical (unpaired) electrons. The number of nitrogens with one attached hydrogen (secondary N) is 1. The van der Waals surface area contributed by atoms with E-state index < -0.39 is 0 Å². The molecule has 5 heteroatoms. The van der Waals surface area contributed by atoms with E-state index in [0.717, 1.165) is 25.7 Å². The van der Waals surface area contributed by atoms with Crippen molar-refractivity contribution < 1.29 is 14.3 Å². The van der Waals surface area contributed by atoms with Gasteiger partial charge in [0.05, 0.1) is 20.2 Å². The number of methoxy groups -OCH3 is 1. The van der Waals surface area contributed by atoms with Gasteiger partial charge in [-0.1, -0.05) is 26.2 Å². The zero-order valence-corrected chi connectivity index (χ0v) is 13.0. The second-order valence-corrected chi connectivity index (χ2v) is 5.68. The summed E-state index contributed by atoms with van der Waals surface area (Å²) in [4.78, 5) is 25.5. The van der Waals surface area contributed by atoms with E-state index in [1.165, 1.54) is 20.0 Å². The van der Waals surface area contributed by atoms with E-state index >= 15 is 0 Å². The molecule has 0 heterocycles. The average molecular weight is 284 g/mol. The van der Waals surface area contributed by atoms with Crippen LogP contribution in [0.15, 0.2) is 0 Å².